The van der Waals surface area contributed by atoms with Gasteiger partial charge in [-0.25, -0.2) is 4.79 Å². The number of amides is 4. The first-order chi connectivity index (χ1) is 10.5. The second-order valence-corrected chi connectivity index (χ2v) is 5.60. The van der Waals surface area contributed by atoms with Crippen molar-refractivity contribution in [2.45, 2.75) is 12.0 Å². The Kier molecular flexibility index (Phi) is 3.58. The number of nitrogens with one attached hydrogen (secondary N) is 1. The minimum atomic E-state index is -1.08. The minimum absolute atomic E-state index is 0.0694. The van der Waals surface area contributed by atoms with Gasteiger partial charge in [-0.2, -0.15) is 0 Å². The number of carbonyl (C=O) groups excluding carboxylic acids is 3. The number of carbonyl (C=O) groups is 3. The van der Waals surface area contributed by atoms with Crippen LogP contribution < -0.4 is 5.32 Å². The zero-order chi connectivity index (χ0) is 15.7. The molecule has 2 N–H and O–H groups in total. The molecular weight excluding hydrogens is 286 g/mol. The Morgan fingerprint density at radius 3 is 2.64 bits per heavy atom. The van der Waals surface area contributed by atoms with E-state index in [2.05, 4.69) is 5.32 Å². The normalized spacial score (nSPS) is 24.8. The molecule has 2 aliphatic heterocycles. The fourth-order valence-electron chi connectivity index (χ4n) is 2.84. The molecule has 0 unspecified atom stereocenters. The predicted molar refractivity (Wildman–Crippen MR) is 76.6 cm³/mol. The van der Waals surface area contributed by atoms with E-state index in [-0.39, 0.29) is 25.5 Å². The standard InChI is InChI=1S/C15H17N3O4/c19-12-8-16-14(21)18(12)9-13(20)17-7-6-15(22,10-17)11-4-2-1-3-5-11/h1-5,22H,6-10H2,(H,16,21)/t15-/m1/s1. The number of rotatable bonds is 3. The number of hydrogen-bond donors (Lipinski definition) is 2. The van der Waals surface area contributed by atoms with Gasteiger partial charge < -0.3 is 15.3 Å². The number of urea groups is 1. The molecule has 0 aromatic heterocycles. The van der Waals surface area contributed by atoms with E-state index in [4.69, 9.17) is 0 Å². The Morgan fingerprint density at radius 1 is 1.27 bits per heavy atom. The summed E-state index contributed by atoms with van der Waals surface area (Å²) >= 11 is 0. The number of imide groups is 1. The smallest absolute Gasteiger partial charge is 0.325 e. The van der Waals surface area contributed by atoms with Crippen LogP contribution in [0.1, 0.15) is 12.0 Å². The van der Waals surface area contributed by atoms with Crippen LogP contribution in [0.3, 0.4) is 0 Å². The molecule has 1 atom stereocenters. The molecule has 116 valence electrons. The van der Waals surface area contributed by atoms with Gasteiger partial charge in [-0.1, -0.05) is 30.3 Å². The Morgan fingerprint density at radius 2 is 2.00 bits per heavy atom. The lowest BCUT2D eigenvalue weighted by Crippen LogP contribution is -2.43. The third-order valence-corrected chi connectivity index (χ3v) is 4.14. The summed E-state index contributed by atoms with van der Waals surface area (Å²) in [7, 11) is 0. The largest absolute Gasteiger partial charge is 0.383 e. The van der Waals surface area contributed by atoms with E-state index in [9.17, 15) is 19.5 Å². The maximum Gasteiger partial charge on any atom is 0.325 e. The summed E-state index contributed by atoms with van der Waals surface area (Å²) < 4.78 is 0. The molecular formula is C15H17N3O4. The molecule has 1 aromatic carbocycles. The number of nitrogens with zero attached hydrogens (tertiary/aromatic N) is 2. The minimum Gasteiger partial charge on any atom is -0.383 e. The van der Waals surface area contributed by atoms with Crippen LogP contribution in [-0.4, -0.2) is 58.9 Å². The Labute approximate surface area is 127 Å². The van der Waals surface area contributed by atoms with Crippen molar-refractivity contribution in [3.05, 3.63) is 35.9 Å². The fraction of sp³-hybridized carbons (Fsp3) is 0.400. The highest BCUT2D eigenvalue weighted by molar-refractivity contribution is 6.04. The van der Waals surface area contributed by atoms with Gasteiger partial charge in [0.2, 0.25) is 5.91 Å². The summed E-state index contributed by atoms with van der Waals surface area (Å²) in [4.78, 5) is 37.6. The van der Waals surface area contributed by atoms with Crippen molar-refractivity contribution < 1.29 is 19.5 Å². The quantitative estimate of drug-likeness (QED) is 0.748. The molecule has 0 saturated carbocycles. The number of likely N-dealkylation sites (tertiary alicyclic amines) is 1. The fourth-order valence-corrected chi connectivity index (χ4v) is 2.84. The van der Waals surface area contributed by atoms with Gasteiger partial charge in [0.25, 0.3) is 5.91 Å². The van der Waals surface area contributed by atoms with Crippen LogP contribution in [0.2, 0.25) is 0 Å². The lowest BCUT2D eigenvalue weighted by molar-refractivity contribution is -0.136. The van der Waals surface area contributed by atoms with Crippen LogP contribution in [0, 0.1) is 0 Å². The molecule has 0 spiro atoms. The maximum absolute atomic E-state index is 12.3. The highest BCUT2D eigenvalue weighted by atomic mass is 16.3. The molecule has 0 bridgehead atoms. The van der Waals surface area contributed by atoms with Crippen LogP contribution in [0.4, 0.5) is 4.79 Å². The number of hydrogen-bond acceptors (Lipinski definition) is 4. The molecule has 2 fully saturated rings. The molecule has 2 aliphatic rings. The Hall–Kier alpha value is -2.41. The highest BCUT2D eigenvalue weighted by Crippen LogP contribution is 2.31. The molecule has 2 saturated heterocycles. The van der Waals surface area contributed by atoms with Crippen molar-refractivity contribution in [2.24, 2.45) is 0 Å². The molecule has 1 aromatic rings. The van der Waals surface area contributed by atoms with Gasteiger partial charge in [0.1, 0.15) is 12.1 Å². The van der Waals surface area contributed by atoms with Crippen LogP contribution >= 0.6 is 0 Å². The lowest BCUT2D eigenvalue weighted by atomic mass is 9.93. The van der Waals surface area contributed by atoms with Gasteiger partial charge in [-0.15, -0.1) is 0 Å². The van der Waals surface area contributed by atoms with Crippen LogP contribution in [0.5, 0.6) is 0 Å². The first-order valence-electron chi connectivity index (χ1n) is 7.13. The van der Waals surface area contributed by atoms with Crippen molar-refractivity contribution >= 4 is 17.8 Å². The van der Waals surface area contributed by atoms with E-state index in [0.29, 0.717) is 13.0 Å². The van der Waals surface area contributed by atoms with Crippen LogP contribution in [-0.2, 0) is 15.2 Å². The summed E-state index contributed by atoms with van der Waals surface area (Å²) in [5.41, 5.74) is -0.311. The van der Waals surface area contributed by atoms with Crippen molar-refractivity contribution in [1.29, 1.82) is 0 Å². The molecule has 2 heterocycles. The van der Waals surface area contributed by atoms with E-state index < -0.39 is 17.5 Å². The Bertz CT molecular complexity index is 602. The van der Waals surface area contributed by atoms with Gasteiger partial charge in [0, 0.05) is 6.54 Å². The molecule has 3 rings (SSSR count). The SMILES string of the molecule is O=C(CN1C(=O)CNC1=O)N1CC[C@](O)(c2ccccc2)C1. The van der Waals surface area contributed by atoms with E-state index in [1.165, 1.54) is 4.90 Å². The number of benzene rings is 1. The first kappa shape index (κ1) is 14.5. The van der Waals surface area contributed by atoms with Crippen LogP contribution in [0.15, 0.2) is 30.3 Å². The highest BCUT2D eigenvalue weighted by Gasteiger charge is 2.41. The molecule has 4 amide bonds. The van der Waals surface area contributed by atoms with E-state index in [1.807, 2.05) is 30.3 Å². The zero-order valence-corrected chi connectivity index (χ0v) is 12.0. The van der Waals surface area contributed by atoms with Crippen molar-refractivity contribution in [3.63, 3.8) is 0 Å². The predicted octanol–water partition coefficient (Wildman–Crippen LogP) is -0.342. The molecule has 0 radical (unpaired) electrons. The van der Waals surface area contributed by atoms with Crippen LogP contribution in [0.25, 0.3) is 0 Å². The van der Waals surface area contributed by atoms with Crippen molar-refractivity contribution in [3.8, 4) is 0 Å². The molecule has 22 heavy (non-hydrogen) atoms. The summed E-state index contributed by atoms with van der Waals surface area (Å²) in [6.07, 6.45) is 0.433. The number of aliphatic hydroxyl groups is 1. The summed E-state index contributed by atoms with van der Waals surface area (Å²) in [6.45, 7) is 0.211. The average molecular weight is 303 g/mol. The zero-order valence-electron chi connectivity index (χ0n) is 12.0. The topological polar surface area (TPSA) is 90.0 Å². The van der Waals surface area contributed by atoms with E-state index >= 15 is 0 Å². The maximum atomic E-state index is 12.3. The monoisotopic (exact) mass is 303 g/mol. The third kappa shape index (κ3) is 2.55. The van der Waals surface area contributed by atoms with Gasteiger partial charge in [-0.05, 0) is 12.0 Å². The average Bonchev–Trinajstić information content (AvgIpc) is 3.07. The second-order valence-electron chi connectivity index (χ2n) is 5.60. The second kappa shape index (κ2) is 5.42. The molecule has 7 heteroatoms. The summed E-state index contributed by atoms with van der Waals surface area (Å²) in [5.74, 6) is -0.742. The summed E-state index contributed by atoms with van der Waals surface area (Å²) in [5, 5.41) is 13.1. The van der Waals surface area contributed by atoms with Gasteiger partial charge >= 0.3 is 6.03 Å². The van der Waals surface area contributed by atoms with Gasteiger partial charge in [-0.3, -0.25) is 14.5 Å². The number of β-amino-alcohol motifs (C(OH)–C–C–N with tert-alkyl or cyclic N) is 1. The Balaban J connectivity index is 1.66. The first-order valence-corrected chi connectivity index (χ1v) is 7.13. The van der Waals surface area contributed by atoms with Gasteiger partial charge in [0.15, 0.2) is 0 Å². The van der Waals surface area contributed by atoms with Crippen molar-refractivity contribution in [2.75, 3.05) is 26.2 Å². The molecule has 0 aliphatic carbocycles. The van der Waals surface area contributed by atoms with Crippen molar-refractivity contribution in [1.82, 2.24) is 15.1 Å². The van der Waals surface area contributed by atoms with E-state index in [1.54, 1.807) is 0 Å². The van der Waals surface area contributed by atoms with Gasteiger partial charge in [0.05, 0.1) is 13.1 Å². The molecule has 7 nitrogen and oxygen atoms in total. The lowest BCUT2D eigenvalue weighted by Gasteiger charge is -2.24. The van der Waals surface area contributed by atoms with E-state index in [0.717, 1.165) is 10.5 Å². The third-order valence-electron chi connectivity index (χ3n) is 4.14. The summed E-state index contributed by atoms with van der Waals surface area (Å²) in [6, 6.07) is 8.64.